The average molecular weight is 414 g/mol. The Morgan fingerprint density at radius 2 is 2.07 bits per heavy atom. The number of nitrogens with one attached hydrogen (secondary N) is 1. The van der Waals surface area contributed by atoms with E-state index in [1.165, 1.54) is 49.3 Å². The first-order chi connectivity index (χ1) is 14.3. The third-order valence-corrected chi connectivity index (χ3v) is 4.13. The molecule has 0 spiro atoms. The van der Waals surface area contributed by atoms with Gasteiger partial charge in [-0.1, -0.05) is 6.07 Å². The van der Waals surface area contributed by atoms with Crippen LogP contribution in [0.15, 0.2) is 40.9 Å². The number of amides is 1. The molecule has 0 saturated heterocycles. The van der Waals surface area contributed by atoms with Crippen molar-refractivity contribution in [2.45, 2.75) is 13.5 Å². The first kappa shape index (κ1) is 20.6. The molecule has 0 unspecified atom stereocenters. The van der Waals surface area contributed by atoms with Gasteiger partial charge in [-0.15, -0.1) is 0 Å². The van der Waals surface area contributed by atoms with Crippen molar-refractivity contribution >= 4 is 23.3 Å². The highest BCUT2D eigenvalue weighted by Gasteiger charge is 2.21. The lowest BCUT2D eigenvalue weighted by Gasteiger charge is -2.06. The van der Waals surface area contributed by atoms with Gasteiger partial charge < -0.3 is 19.2 Å². The predicted molar refractivity (Wildman–Crippen MR) is 103 cm³/mol. The molecular formula is C19H18N4O7. The van der Waals surface area contributed by atoms with Gasteiger partial charge in [0.15, 0.2) is 17.2 Å². The standard InChI is InChI=1S/C19H18N4O7/c1-11-4-6-15(14(8-11)23(26)27)29-10-12-5-7-16(30-12)18(24)21-13-9-20-22(2)17(13)19(25)28-3/h4-9H,10H2,1-3H3,(H,21,24). The highest BCUT2D eigenvalue weighted by Crippen LogP contribution is 2.28. The number of hydrogen-bond acceptors (Lipinski definition) is 8. The van der Waals surface area contributed by atoms with E-state index in [4.69, 9.17) is 9.15 Å². The lowest BCUT2D eigenvalue weighted by Crippen LogP contribution is -2.16. The summed E-state index contributed by atoms with van der Waals surface area (Å²) in [6.07, 6.45) is 1.31. The molecule has 1 N–H and O–H groups in total. The summed E-state index contributed by atoms with van der Waals surface area (Å²) < 4.78 is 16.9. The highest BCUT2D eigenvalue weighted by atomic mass is 16.6. The van der Waals surface area contributed by atoms with Gasteiger partial charge in [-0.2, -0.15) is 5.10 Å². The Balaban J connectivity index is 1.69. The number of carbonyl (C=O) groups is 2. The molecule has 0 saturated carbocycles. The number of methoxy groups -OCH3 is 1. The van der Waals surface area contributed by atoms with E-state index in [9.17, 15) is 19.7 Å². The summed E-state index contributed by atoms with van der Waals surface area (Å²) in [4.78, 5) is 34.9. The number of ether oxygens (including phenoxy) is 2. The van der Waals surface area contributed by atoms with E-state index in [1.807, 2.05) is 0 Å². The minimum Gasteiger partial charge on any atom is -0.479 e. The Hall–Kier alpha value is -4.15. The number of carbonyl (C=O) groups excluding carboxylic acids is 2. The number of nitro groups is 1. The molecule has 11 heteroatoms. The van der Waals surface area contributed by atoms with Gasteiger partial charge in [0.1, 0.15) is 12.4 Å². The van der Waals surface area contributed by atoms with Crippen LogP contribution in [0.1, 0.15) is 32.4 Å². The van der Waals surface area contributed by atoms with Crippen molar-refractivity contribution in [2.24, 2.45) is 7.05 Å². The maximum atomic E-state index is 12.4. The van der Waals surface area contributed by atoms with Crippen LogP contribution in [0, 0.1) is 17.0 Å². The normalized spacial score (nSPS) is 10.5. The van der Waals surface area contributed by atoms with E-state index in [2.05, 4.69) is 15.2 Å². The fourth-order valence-electron chi connectivity index (χ4n) is 2.67. The topological polar surface area (TPSA) is 139 Å². The van der Waals surface area contributed by atoms with E-state index in [-0.39, 0.29) is 40.9 Å². The van der Waals surface area contributed by atoms with E-state index >= 15 is 0 Å². The van der Waals surface area contributed by atoms with Crippen LogP contribution in [-0.2, 0) is 18.4 Å². The fraction of sp³-hybridized carbons (Fsp3) is 0.211. The van der Waals surface area contributed by atoms with Crippen molar-refractivity contribution in [1.82, 2.24) is 9.78 Å². The molecule has 0 aliphatic carbocycles. The van der Waals surface area contributed by atoms with Crippen LogP contribution in [0.3, 0.4) is 0 Å². The van der Waals surface area contributed by atoms with Gasteiger partial charge >= 0.3 is 11.7 Å². The third-order valence-electron chi connectivity index (χ3n) is 4.13. The van der Waals surface area contributed by atoms with E-state index in [0.29, 0.717) is 0 Å². The number of rotatable bonds is 7. The van der Waals surface area contributed by atoms with Crippen LogP contribution in [-0.4, -0.2) is 33.7 Å². The van der Waals surface area contributed by atoms with E-state index < -0.39 is 16.8 Å². The Bertz CT molecular complexity index is 1120. The number of furan rings is 1. The maximum absolute atomic E-state index is 12.4. The molecule has 3 rings (SSSR count). The highest BCUT2D eigenvalue weighted by molar-refractivity contribution is 6.06. The van der Waals surface area contributed by atoms with Crippen molar-refractivity contribution in [3.8, 4) is 5.75 Å². The number of aromatic nitrogens is 2. The van der Waals surface area contributed by atoms with Gasteiger partial charge in [0, 0.05) is 13.1 Å². The Labute approximate surface area is 170 Å². The van der Waals surface area contributed by atoms with Gasteiger partial charge in [-0.05, 0) is 30.7 Å². The van der Waals surface area contributed by atoms with Crippen LogP contribution < -0.4 is 10.1 Å². The number of benzene rings is 1. The Morgan fingerprint density at radius 1 is 1.30 bits per heavy atom. The molecule has 0 bridgehead atoms. The lowest BCUT2D eigenvalue weighted by atomic mass is 10.2. The largest absolute Gasteiger partial charge is 0.479 e. The van der Waals surface area contributed by atoms with Crippen molar-refractivity contribution in [3.63, 3.8) is 0 Å². The molecule has 156 valence electrons. The van der Waals surface area contributed by atoms with Crippen LogP contribution in [0.5, 0.6) is 5.75 Å². The molecule has 0 aliphatic rings. The number of anilines is 1. The molecule has 30 heavy (non-hydrogen) atoms. The van der Waals surface area contributed by atoms with Crippen LogP contribution in [0.2, 0.25) is 0 Å². The van der Waals surface area contributed by atoms with Gasteiger partial charge in [0.25, 0.3) is 5.91 Å². The zero-order valence-corrected chi connectivity index (χ0v) is 16.4. The SMILES string of the molecule is COC(=O)c1c(NC(=O)c2ccc(COc3ccc(C)cc3[N+](=O)[O-])o2)cnn1C. The monoisotopic (exact) mass is 414 g/mol. The molecule has 11 nitrogen and oxygen atoms in total. The molecule has 1 amide bonds. The van der Waals surface area contributed by atoms with Crippen LogP contribution >= 0.6 is 0 Å². The number of nitro benzene ring substituents is 1. The zero-order valence-electron chi connectivity index (χ0n) is 16.4. The first-order valence-corrected chi connectivity index (χ1v) is 8.68. The van der Waals surface area contributed by atoms with E-state index in [0.717, 1.165) is 5.56 Å². The summed E-state index contributed by atoms with van der Waals surface area (Å²) in [5.74, 6) is -0.925. The maximum Gasteiger partial charge on any atom is 0.358 e. The summed E-state index contributed by atoms with van der Waals surface area (Å²) >= 11 is 0. The molecule has 0 radical (unpaired) electrons. The van der Waals surface area contributed by atoms with Gasteiger partial charge in [-0.25, -0.2) is 4.79 Å². The summed E-state index contributed by atoms with van der Waals surface area (Å²) in [5, 5.41) is 17.6. The quantitative estimate of drug-likeness (QED) is 0.354. The molecule has 3 aromatic rings. The minimum atomic E-state index is -0.654. The Kier molecular flexibility index (Phi) is 5.81. The second-order valence-corrected chi connectivity index (χ2v) is 6.26. The average Bonchev–Trinajstić information content (AvgIpc) is 3.33. The molecular weight excluding hydrogens is 396 g/mol. The molecule has 2 heterocycles. The lowest BCUT2D eigenvalue weighted by molar-refractivity contribution is -0.386. The van der Waals surface area contributed by atoms with Gasteiger partial charge in [0.05, 0.1) is 23.9 Å². The fourth-order valence-corrected chi connectivity index (χ4v) is 2.67. The molecule has 1 aromatic carbocycles. The predicted octanol–water partition coefficient (Wildman–Crippen LogP) is 2.85. The second-order valence-electron chi connectivity index (χ2n) is 6.26. The summed E-state index contributed by atoms with van der Waals surface area (Å²) in [5.41, 5.74) is 0.811. The molecule has 0 atom stereocenters. The number of aryl methyl sites for hydroxylation is 2. The van der Waals surface area contributed by atoms with Gasteiger partial charge in [-0.3, -0.25) is 19.6 Å². The molecule has 0 fully saturated rings. The van der Waals surface area contributed by atoms with E-state index in [1.54, 1.807) is 13.0 Å². The van der Waals surface area contributed by atoms with Crippen molar-refractivity contribution in [3.05, 3.63) is 69.4 Å². The van der Waals surface area contributed by atoms with Crippen molar-refractivity contribution in [2.75, 3.05) is 12.4 Å². The van der Waals surface area contributed by atoms with Crippen LogP contribution in [0.4, 0.5) is 11.4 Å². The number of hydrogen-bond donors (Lipinski definition) is 1. The summed E-state index contributed by atoms with van der Waals surface area (Å²) in [7, 11) is 2.76. The summed E-state index contributed by atoms with van der Waals surface area (Å²) in [6, 6.07) is 7.53. The number of nitrogens with zero attached hydrogens (tertiary/aromatic N) is 3. The van der Waals surface area contributed by atoms with Crippen molar-refractivity contribution in [1.29, 1.82) is 0 Å². The zero-order chi connectivity index (χ0) is 21.8. The summed E-state index contributed by atoms with van der Waals surface area (Å²) in [6.45, 7) is 1.62. The van der Waals surface area contributed by atoms with Crippen LogP contribution in [0.25, 0.3) is 0 Å². The smallest absolute Gasteiger partial charge is 0.358 e. The van der Waals surface area contributed by atoms with Crippen molar-refractivity contribution < 1.29 is 28.4 Å². The van der Waals surface area contributed by atoms with Gasteiger partial charge in [0.2, 0.25) is 0 Å². The number of esters is 1. The second kappa shape index (κ2) is 8.47. The first-order valence-electron chi connectivity index (χ1n) is 8.68. The Morgan fingerprint density at radius 3 is 2.77 bits per heavy atom. The molecule has 0 aliphatic heterocycles. The minimum absolute atomic E-state index is 0.0355. The molecule has 2 aromatic heterocycles. The third kappa shape index (κ3) is 4.29.